The lowest BCUT2D eigenvalue weighted by molar-refractivity contribution is 0.177. The van der Waals surface area contributed by atoms with Gasteiger partial charge in [0.1, 0.15) is 5.82 Å². The van der Waals surface area contributed by atoms with Gasteiger partial charge in [0, 0.05) is 45.2 Å². The second-order valence-electron chi connectivity index (χ2n) is 6.91. The summed E-state index contributed by atoms with van der Waals surface area (Å²) in [7, 11) is 3.93. The summed E-state index contributed by atoms with van der Waals surface area (Å²) in [5, 5.41) is 3.52. The van der Waals surface area contributed by atoms with E-state index in [4.69, 9.17) is 0 Å². The zero-order valence-electron chi connectivity index (χ0n) is 14.8. The molecule has 6 nitrogen and oxygen atoms in total. The van der Waals surface area contributed by atoms with Crippen LogP contribution < -0.4 is 10.2 Å². The fourth-order valence-corrected chi connectivity index (χ4v) is 2.65. The smallest absolute Gasteiger partial charge is 0.229 e. The first-order valence-electron chi connectivity index (χ1n) is 8.30. The second kappa shape index (κ2) is 7.22. The third-order valence-corrected chi connectivity index (χ3v) is 4.15. The summed E-state index contributed by atoms with van der Waals surface area (Å²) in [6.45, 7) is 11.0. The van der Waals surface area contributed by atoms with E-state index in [0.717, 1.165) is 37.7 Å². The SMILES string of the molecule is CC(C)c1nc(NC2CCN(C(C)C)CC2)nc(N(C)C)n1. The largest absolute Gasteiger partial charge is 0.351 e. The highest BCUT2D eigenvalue weighted by Crippen LogP contribution is 2.19. The summed E-state index contributed by atoms with van der Waals surface area (Å²) in [6.07, 6.45) is 2.27. The number of likely N-dealkylation sites (tertiary alicyclic amines) is 1. The normalized spacial score (nSPS) is 17.3. The summed E-state index contributed by atoms with van der Waals surface area (Å²) in [6, 6.07) is 1.08. The van der Waals surface area contributed by atoms with E-state index in [9.17, 15) is 0 Å². The van der Waals surface area contributed by atoms with E-state index < -0.39 is 0 Å². The molecular formula is C16H30N6. The molecule has 0 bridgehead atoms. The number of nitrogens with zero attached hydrogens (tertiary/aromatic N) is 5. The molecule has 0 unspecified atom stereocenters. The third kappa shape index (κ3) is 4.29. The van der Waals surface area contributed by atoms with Gasteiger partial charge in [-0.05, 0) is 26.7 Å². The maximum atomic E-state index is 4.59. The van der Waals surface area contributed by atoms with E-state index in [1.807, 2.05) is 19.0 Å². The highest BCUT2D eigenvalue weighted by molar-refractivity contribution is 5.37. The third-order valence-electron chi connectivity index (χ3n) is 4.15. The zero-order chi connectivity index (χ0) is 16.3. The predicted molar refractivity (Wildman–Crippen MR) is 91.6 cm³/mol. The first kappa shape index (κ1) is 16.9. The number of aromatic nitrogens is 3. The number of anilines is 2. The van der Waals surface area contributed by atoms with Crippen LogP contribution in [0.25, 0.3) is 0 Å². The molecular weight excluding hydrogens is 276 g/mol. The van der Waals surface area contributed by atoms with Gasteiger partial charge < -0.3 is 15.1 Å². The van der Waals surface area contributed by atoms with E-state index in [1.54, 1.807) is 0 Å². The van der Waals surface area contributed by atoms with Gasteiger partial charge in [0.25, 0.3) is 0 Å². The van der Waals surface area contributed by atoms with Crippen molar-refractivity contribution in [1.82, 2.24) is 19.9 Å². The second-order valence-corrected chi connectivity index (χ2v) is 6.91. The molecule has 1 N–H and O–H groups in total. The molecule has 0 spiro atoms. The average molecular weight is 306 g/mol. The van der Waals surface area contributed by atoms with Gasteiger partial charge in [-0.3, -0.25) is 0 Å². The lowest BCUT2D eigenvalue weighted by Gasteiger charge is -2.34. The van der Waals surface area contributed by atoms with Crippen LogP contribution in [0.15, 0.2) is 0 Å². The molecule has 0 amide bonds. The van der Waals surface area contributed by atoms with E-state index >= 15 is 0 Å². The Morgan fingerprint density at radius 2 is 1.68 bits per heavy atom. The van der Waals surface area contributed by atoms with Gasteiger partial charge in [-0.2, -0.15) is 15.0 Å². The number of piperidine rings is 1. The Labute approximate surface area is 134 Å². The predicted octanol–water partition coefficient (Wildman–Crippen LogP) is 2.35. The number of hydrogen-bond donors (Lipinski definition) is 1. The minimum atomic E-state index is 0.296. The Hall–Kier alpha value is -1.43. The Bertz CT molecular complexity index is 451. The number of rotatable bonds is 5. The van der Waals surface area contributed by atoms with Crippen LogP contribution in [0.3, 0.4) is 0 Å². The van der Waals surface area contributed by atoms with Crippen molar-refractivity contribution in [1.29, 1.82) is 0 Å². The molecule has 1 aromatic rings. The van der Waals surface area contributed by atoms with Crippen molar-refractivity contribution in [3.8, 4) is 0 Å². The van der Waals surface area contributed by atoms with Crippen LogP contribution in [-0.4, -0.2) is 59.1 Å². The van der Waals surface area contributed by atoms with Crippen LogP contribution in [0.4, 0.5) is 11.9 Å². The Balaban J connectivity index is 2.06. The lowest BCUT2D eigenvalue weighted by Crippen LogP contribution is -2.42. The van der Waals surface area contributed by atoms with Gasteiger partial charge in [0.15, 0.2) is 0 Å². The standard InChI is InChI=1S/C16H30N6/c1-11(2)14-18-15(20-16(19-14)21(5)6)17-13-7-9-22(10-8-13)12(3)4/h11-13H,7-10H2,1-6H3,(H,17,18,19,20). The van der Waals surface area contributed by atoms with Crippen molar-refractivity contribution in [2.24, 2.45) is 0 Å². The fourth-order valence-electron chi connectivity index (χ4n) is 2.65. The van der Waals surface area contributed by atoms with Crippen molar-refractivity contribution in [3.05, 3.63) is 5.82 Å². The van der Waals surface area contributed by atoms with E-state index in [0.29, 0.717) is 23.9 Å². The molecule has 2 heterocycles. The molecule has 1 aliphatic heterocycles. The molecule has 1 aliphatic rings. The average Bonchev–Trinajstić information content (AvgIpc) is 2.47. The van der Waals surface area contributed by atoms with Gasteiger partial charge >= 0.3 is 0 Å². The van der Waals surface area contributed by atoms with Crippen molar-refractivity contribution < 1.29 is 0 Å². The Morgan fingerprint density at radius 1 is 1.05 bits per heavy atom. The quantitative estimate of drug-likeness (QED) is 0.901. The van der Waals surface area contributed by atoms with Crippen molar-refractivity contribution in [2.45, 2.75) is 58.5 Å². The molecule has 2 rings (SSSR count). The summed E-state index contributed by atoms with van der Waals surface area (Å²) < 4.78 is 0. The number of hydrogen-bond acceptors (Lipinski definition) is 6. The van der Waals surface area contributed by atoms with Crippen molar-refractivity contribution >= 4 is 11.9 Å². The maximum absolute atomic E-state index is 4.59. The molecule has 0 aliphatic carbocycles. The maximum Gasteiger partial charge on any atom is 0.229 e. The van der Waals surface area contributed by atoms with Crippen LogP contribution in [0.1, 0.15) is 52.3 Å². The van der Waals surface area contributed by atoms with Crippen LogP contribution >= 0.6 is 0 Å². The molecule has 0 radical (unpaired) electrons. The summed E-state index contributed by atoms with van der Waals surface area (Å²) >= 11 is 0. The van der Waals surface area contributed by atoms with Crippen LogP contribution in [0.2, 0.25) is 0 Å². The highest BCUT2D eigenvalue weighted by atomic mass is 15.3. The molecule has 22 heavy (non-hydrogen) atoms. The molecule has 1 aromatic heterocycles. The van der Waals surface area contributed by atoms with Crippen LogP contribution in [0.5, 0.6) is 0 Å². The minimum absolute atomic E-state index is 0.296. The monoisotopic (exact) mass is 306 g/mol. The van der Waals surface area contributed by atoms with Gasteiger partial charge in [0.05, 0.1) is 0 Å². The summed E-state index contributed by atoms with van der Waals surface area (Å²) in [5.74, 6) is 2.58. The molecule has 1 fully saturated rings. The molecule has 0 aromatic carbocycles. The van der Waals surface area contributed by atoms with Crippen LogP contribution in [-0.2, 0) is 0 Å². The van der Waals surface area contributed by atoms with Gasteiger partial charge in [-0.25, -0.2) is 0 Å². The first-order chi connectivity index (χ1) is 10.4. The molecule has 0 atom stereocenters. The summed E-state index contributed by atoms with van der Waals surface area (Å²) in [5.41, 5.74) is 0. The Kier molecular flexibility index (Phi) is 5.56. The molecule has 124 valence electrons. The van der Waals surface area contributed by atoms with Gasteiger partial charge in [-0.15, -0.1) is 0 Å². The zero-order valence-corrected chi connectivity index (χ0v) is 14.8. The number of nitrogens with one attached hydrogen (secondary N) is 1. The van der Waals surface area contributed by atoms with Gasteiger partial charge in [-0.1, -0.05) is 13.8 Å². The first-order valence-corrected chi connectivity index (χ1v) is 8.30. The van der Waals surface area contributed by atoms with E-state index in [2.05, 4.69) is 52.9 Å². The molecule has 6 heteroatoms. The fraction of sp³-hybridized carbons (Fsp3) is 0.812. The van der Waals surface area contributed by atoms with Crippen LogP contribution in [0, 0.1) is 0 Å². The summed E-state index contributed by atoms with van der Waals surface area (Å²) in [4.78, 5) is 18.1. The minimum Gasteiger partial charge on any atom is -0.351 e. The van der Waals surface area contributed by atoms with E-state index in [1.165, 1.54) is 0 Å². The molecule has 1 saturated heterocycles. The van der Waals surface area contributed by atoms with E-state index in [-0.39, 0.29) is 0 Å². The van der Waals surface area contributed by atoms with Gasteiger partial charge in [0.2, 0.25) is 11.9 Å². The Morgan fingerprint density at radius 3 is 2.18 bits per heavy atom. The lowest BCUT2D eigenvalue weighted by atomic mass is 10.0. The topological polar surface area (TPSA) is 57.2 Å². The molecule has 0 saturated carbocycles. The van der Waals surface area contributed by atoms with Crippen molar-refractivity contribution in [2.75, 3.05) is 37.4 Å². The highest BCUT2D eigenvalue weighted by Gasteiger charge is 2.22. The van der Waals surface area contributed by atoms with Crippen molar-refractivity contribution in [3.63, 3.8) is 0 Å².